The van der Waals surface area contributed by atoms with Crippen molar-refractivity contribution >= 4 is 18.3 Å². The summed E-state index contributed by atoms with van der Waals surface area (Å²) in [6.45, 7) is 7.99. The SMILES string of the molecule is COC1CCC(C(=O)N2CCC(C3CCCC(CNC(=O)OC(C)(C)C)C3)CC2)CC1C=O. The van der Waals surface area contributed by atoms with E-state index in [1.165, 1.54) is 12.8 Å². The van der Waals surface area contributed by atoms with Gasteiger partial charge in [0, 0.05) is 38.6 Å². The highest BCUT2D eigenvalue weighted by Crippen LogP contribution is 2.39. The third kappa shape index (κ3) is 7.43. The molecule has 7 nitrogen and oxygen atoms in total. The molecule has 7 heteroatoms. The first kappa shape index (κ1) is 26.0. The molecule has 2 saturated carbocycles. The van der Waals surface area contributed by atoms with Crippen LogP contribution in [-0.4, -0.2) is 61.6 Å². The van der Waals surface area contributed by atoms with E-state index in [1.54, 1.807) is 7.11 Å². The molecule has 5 atom stereocenters. The summed E-state index contributed by atoms with van der Waals surface area (Å²) < 4.78 is 10.8. The molecule has 33 heavy (non-hydrogen) atoms. The molecule has 1 aliphatic heterocycles. The van der Waals surface area contributed by atoms with E-state index in [1.807, 2.05) is 25.7 Å². The molecular weight excluding hydrogens is 420 g/mol. The first-order chi connectivity index (χ1) is 15.7. The Hall–Kier alpha value is -1.63. The second-order valence-corrected chi connectivity index (χ2v) is 11.4. The van der Waals surface area contributed by atoms with Crippen molar-refractivity contribution in [3.63, 3.8) is 0 Å². The number of aldehydes is 1. The van der Waals surface area contributed by atoms with Gasteiger partial charge in [-0.2, -0.15) is 0 Å². The fraction of sp³-hybridized carbons (Fsp3) is 0.885. The Balaban J connectivity index is 1.42. The zero-order valence-electron chi connectivity index (χ0n) is 21.0. The maximum atomic E-state index is 13.1. The molecule has 1 heterocycles. The number of hydrogen-bond donors (Lipinski definition) is 1. The second kappa shape index (κ2) is 11.7. The Bertz CT molecular complexity index is 668. The lowest BCUT2D eigenvalue weighted by Gasteiger charge is -2.41. The summed E-state index contributed by atoms with van der Waals surface area (Å²) in [5.74, 6) is 1.87. The number of nitrogens with one attached hydrogen (secondary N) is 1. The van der Waals surface area contributed by atoms with Crippen LogP contribution in [-0.2, 0) is 19.1 Å². The number of hydrogen-bond acceptors (Lipinski definition) is 5. The highest BCUT2D eigenvalue weighted by atomic mass is 16.6. The molecule has 0 radical (unpaired) electrons. The third-order valence-electron chi connectivity index (χ3n) is 7.94. The van der Waals surface area contributed by atoms with Gasteiger partial charge >= 0.3 is 6.09 Å². The van der Waals surface area contributed by atoms with Crippen LogP contribution in [0.1, 0.15) is 78.6 Å². The Kier molecular flexibility index (Phi) is 9.19. The molecule has 0 aromatic rings. The number of methoxy groups -OCH3 is 1. The lowest BCUT2D eigenvalue weighted by molar-refractivity contribution is -0.141. The molecule has 3 fully saturated rings. The van der Waals surface area contributed by atoms with Gasteiger partial charge in [0.25, 0.3) is 0 Å². The molecule has 188 valence electrons. The zero-order valence-corrected chi connectivity index (χ0v) is 21.0. The van der Waals surface area contributed by atoms with Gasteiger partial charge in [-0.3, -0.25) is 4.79 Å². The maximum Gasteiger partial charge on any atom is 0.407 e. The molecule has 2 amide bonds. The largest absolute Gasteiger partial charge is 0.444 e. The average molecular weight is 465 g/mol. The van der Waals surface area contributed by atoms with Crippen LogP contribution in [0.4, 0.5) is 4.79 Å². The van der Waals surface area contributed by atoms with Gasteiger partial charge in [-0.15, -0.1) is 0 Å². The van der Waals surface area contributed by atoms with Gasteiger partial charge in [0.15, 0.2) is 0 Å². The minimum Gasteiger partial charge on any atom is -0.444 e. The van der Waals surface area contributed by atoms with Gasteiger partial charge in [-0.1, -0.05) is 12.8 Å². The predicted molar refractivity (Wildman–Crippen MR) is 127 cm³/mol. The molecule has 2 aliphatic carbocycles. The van der Waals surface area contributed by atoms with Crippen molar-refractivity contribution in [2.45, 2.75) is 90.3 Å². The van der Waals surface area contributed by atoms with Crippen LogP contribution in [0.15, 0.2) is 0 Å². The third-order valence-corrected chi connectivity index (χ3v) is 7.94. The summed E-state index contributed by atoms with van der Waals surface area (Å²) in [5, 5.41) is 2.96. The summed E-state index contributed by atoms with van der Waals surface area (Å²) >= 11 is 0. The lowest BCUT2D eigenvalue weighted by Crippen LogP contribution is -2.46. The van der Waals surface area contributed by atoms with E-state index >= 15 is 0 Å². The van der Waals surface area contributed by atoms with E-state index in [0.717, 1.165) is 57.9 Å². The number of alkyl carbamates (subject to hydrolysis) is 1. The standard InChI is InChI=1S/C26H44N2O5/c1-26(2,3)33-25(31)27-16-18-6-5-7-20(14-18)19-10-12-28(13-11-19)24(30)21-8-9-23(32-4)22(15-21)17-29/h17-23H,5-16H2,1-4H3,(H,27,31). The summed E-state index contributed by atoms with van der Waals surface area (Å²) in [6, 6.07) is 0. The number of carbonyl (C=O) groups is 3. The molecule has 0 bridgehead atoms. The predicted octanol–water partition coefficient (Wildman–Crippen LogP) is 4.19. The van der Waals surface area contributed by atoms with Crippen molar-refractivity contribution in [1.29, 1.82) is 0 Å². The van der Waals surface area contributed by atoms with E-state index in [-0.39, 0.29) is 29.9 Å². The van der Waals surface area contributed by atoms with E-state index in [2.05, 4.69) is 5.32 Å². The number of ether oxygens (including phenoxy) is 2. The number of amides is 2. The molecule has 5 unspecified atom stereocenters. The average Bonchev–Trinajstić information content (AvgIpc) is 2.81. The smallest absolute Gasteiger partial charge is 0.407 e. The van der Waals surface area contributed by atoms with Crippen LogP contribution >= 0.6 is 0 Å². The summed E-state index contributed by atoms with van der Waals surface area (Å²) in [7, 11) is 1.65. The number of carbonyl (C=O) groups excluding carboxylic acids is 3. The number of rotatable bonds is 6. The van der Waals surface area contributed by atoms with Crippen molar-refractivity contribution in [3.8, 4) is 0 Å². The van der Waals surface area contributed by atoms with Gasteiger partial charge in [0.05, 0.1) is 6.10 Å². The van der Waals surface area contributed by atoms with Gasteiger partial charge < -0.3 is 24.5 Å². The quantitative estimate of drug-likeness (QED) is 0.596. The van der Waals surface area contributed by atoms with Gasteiger partial charge in [-0.05, 0) is 83.5 Å². The molecule has 3 aliphatic rings. The van der Waals surface area contributed by atoms with Crippen LogP contribution in [0.3, 0.4) is 0 Å². The molecule has 0 aromatic carbocycles. The first-order valence-electron chi connectivity index (χ1n) is 12.9. The normalized spacial score (nSPS) is 31.6. The van der Waals surface area contributed by atoms with Crippen molar-refractivity contribution < 1.29 is 23.9 Å². The number of nitrogens with zero attached hydrogens (tertiary/aromatic N) is 1. The topological polar surface area (TPSA) is 84.9 Å². The highest BCUT2D eigenvalue weighted by molar-refractivity contribution is 5.79. The van der Waals surface area contributed by atoms with Gasteiger partial charge in [-0.25, -0.2) is 4.79 Å². The molecule has 3 rings (SSSR count). The maximum absolute atomic E-state index is 13.1. The summed E-state index contributed by atoms with van der Waals surface area (Å²) in [5.41, 5.74) is -0.470. The Labute approximate surface area is 199 Å². The second-order valence-electron chi connectivity index (χ2n) is 11.4. The van der Waals surface area contributed by atoms with E-state index in [0.29, 0.717) is 30.7 Å². The van der Waals surface area contributed by atoms with Crippen LogP contribution in [0.2, 0.25) is 0 Å². The van der Waals surface area contributed by atoms with Crippen molar-refractivity contribution in [1.82, 2.24) is 10.2 Å². The highest BCUT2D eigenvalue weighted by Gasteiger charge is 2.38. The minimum atomic E-state index is -0.470. The fourth-order valence-corrected chi connectivity index (χ4v) is 6.18. The fourth-order valence-electron chi connectivity index (χ4n) is 6.18. The van der Waals surface area contributed by atoms with Gasteiger partial charge in [0.2, 0.25) is 5.91 Å². The Morgan fingerprint density at radius 1 is 1.00 bits per heavy atom. The monoisotopic (exact) mass is 464 g/mol. The lowest BCUT2D eigenvalue weighted by atomic mass is 9.72. The molecule has 0 spiro atoms. The van der Waals surface area contributed by atoms with Gasteiger partial charge in [0.1, 0.15) is 11.9 Å². The van der Waals surface area contributed by atoms with Crippen molar-refractivity contribution in [3.05, 3.63) is 0 Å². The Morgan fingerprint density at radius 3 is 2.36 bits per heavy atom. The van der Waals surface area contributed by atoms with Crippen LogP contribution in [0.5, 0.6) is 0 Å². The summed E-state index contributed by atoms with van der Waals surface area (Å²) in [6.07, 6.45) is 9.72. The number of likely N-dealkylation sites (tertiary alicyclic amines) is 1. The first-order valence-corrected chi connectivity index (χ1v) is 12.9. The van der Waals surface area contributed by atoms with Crippen molar-refractivity contribution in [2.24, 2.45) is 29.6 Å². The zero-order chi connectivity index (χ0) is 24.0. The van der Waals surface area contributed by atoms with Crippen LogP contribution in [0.25, 0.3) is 0 Å². The summed E-state index contributed by atoms with van der Waals surface area (Å²) in [4.78, 5) is 38.6. The Morgan fingerprint density at radius 2 is 1.73 bits per heavy atom. The minimum absolute atomic E-state index is 0.0404. The van der Waals surface area contributed by atoms with Crippen LogP contribution < -0.4 is 5.32 Å². The van der Waals surface area contributed by atoms with E-state index in [9.17, 15) is 14.4 Å². The molecule has 1 N–H and O–H groups in total. The van der Waals surface area contributed by atoms with E-state index < -0.39 is 5.60 Å². The number of piperidine rings is 1. The van der Waals surface area contributed by atoms with Crippen LogP contribution in [0, 0.1) is 29.6 Å². The van der Waals surface area contributed by atoms with E-state index in [4.69, 9.17) is 9.47 Å². The molecule has 0 aromatic heterocycles. The molecular formula is C26H44N2O5. The van der Waals surface area contributed by atoms with Crippen molar-refractivity contribution in [2.75, 3.05) is 26.7 Å². The molecule has 1 saturated heterocycles.